The van der Waals surface area contributed by atoms with Crippen LogP contribution in [0.25, 0.3) is 0 Å². The van der Waals surface area contributed by atoms with E-state index in [-0.39, 0.29) is 7.33 Å². The fraction of sp³-hybridized carbons (Fsp3) is 0.964. The second-order valence-corrected chi connectivity index (χ2v) is 11.6. The molecule has 0 aromatic heterocycles. The number of carbonyl (C=O) groups is 1. The molecule has 2 heterocycles. The molecule has 0 aromatic rings. The average molecular weight is 497 g/mol. The van der Waals surface area contributed by atoms with Crippen molar-refractivity contribution in [3.8, 4) is 0 Å². The molecule has 2 aliphatic carbocycles. The first kappa shape index (κ1) is 27.3. The van der Waals surface area contributed by atoms with Crippen LogP contribution < -0.4 is 5.32 Å². The highest BCUT2D eigenvalue weighted by Crippen LogP contribution is 2.44. The summed E-state index contributed by atoms with van der Waals surface area (Å²) in [5, 5.41) is 3.13. The Kier molecular flexibility index (Phi) is 11.1. The Labute approximate surface area is 214 Å². The van der Waals surface area contributed by atoms with Gasteiger partial charge in [0, 0.05) is 40.1 Å². The third kappa shape index (κ3) is 8.96. The highest BCUT2D eigenvalue weighted by Gasteiger charge is 2.50. The molecule has 4 fully saturated rings. The number of rotatable bonds is 6. The molecular weight excluding hydrogens is 444 g/mol. The van der Waals surface area contributed by atoms with Gasteiger partial charge in [0.1, 0.15) is 0 Å². The number of nitrogens with one attached hydrogen (secondary N) is 1. The van der Waals surface area contributed by atoms with Crippen LogP contribution in [0, 0.1) is 5.92 Å². The number of hydrogen-bond acceptors (Lipinski definition) is 6. The molecule has 0 aromatic carbocycles. The second kappa shape index (κ2) is 14.3. The molecule has 2 saturated heterocycles. The van der Waals surface area contributed by atoms with Crippen LogP contribution >= 0.6 is 0 Å². The first-order valence-corrected chi connectivity index (χ1v) is 14.9. The summed E-state index contributed by atoms with van der Waals surface area (Å²) in [6.07, 6.45) is 21.7. The van der Waals surface area contributed by atoms with Gasteiger partial charge in [-0.15, -0.1) is 0 Å². The monoisotopic (exact) mass is 496 g/mol. The average Bonchev–Trinajstić information content (AvgIpc) is 2.88. The van der Waals surface area contributed by atoms with Crippen LogP contribution in [0.15, 0.2) is 0 Å². The largest absolute Gasteiger partial charge is 0.356 e. The number of likely N-dealkylation sites (tertiary alicyclic amines) is 1. The van der Waals surface area contributed by atoms with Gasteiger partial charge in [0.05, 0.1) is 0 Å². The highest BCUT2D eigenvalue weighted by atomic mass is 17.4. The van der Waals surface area contributed by atoms with Gasteiger partial charge in [0.25, 0.3) is 0 Å². The molecule has 2 saturated carbocycles. The van der Waals surface area contributed by atoms with E-state index in [0.717, 1.165) is 58.0 Å². The summed E-state index contributed by atoms with van der Waals surface area (Å²) in [4.78, 5) is 38.9. The van der Waals surface area contributed by atoms with Crippen molar-refractivity contribution in [1.29, 1.82) is 0 Å². The van der Waals surface area contributed by atoms with Gasteiger partial charge in [-0.1, -0.05) is 51.4 Å². The van der Waals surface area contributed by atoms with Crippen molar-refractivity contribution in [3.63, 3.8) is 0 Å². The zero-order valence-corrected chi connectivity index (χ0v) is 22.0. The Morgan fingerprint density at radius 3 is 1.77 bits per heavy atom. The number of hydrogen-bond donors (Lipinski definition) is 1. The van der Waals surface area contributed by atoms with Crippen molar-refractivity contribution in [1.82, 2.24) is 10.2 Å². The van der Waals surface area contributed by atoms with Crippen molar-refractivity contribution in [2.24, 2.45) is 5.92 Å². The first-order valence-electron chi connectivity index (χ1n) is 14.9. The van der Waals surface area contributed by atoms with Gasteiger partial charge < -0.3 is 10.2 Å². The molecule has 4 aliphatic rings. The third-order valence-electron chi connectivity index (χ3n) is 8.57. The lowest BCUT2D eigenvalue weighted by molar-refractivity contribution is -0.662. The fourth-order valence-corrected chi connectivity index (χ4v) is 6.19. The summed E-state index contributed by atoms with van der Waals surface area (Å²) >= 11 is 0. The molecule has 1 amide bonds. The lowest BCUT2D eigenvalue weighted by Crippen LogP contribution is -2.52. The van der Waals surface area contributed by atoms with Crippen LogP contribution in [0.2, 0.25) is 0 Å². The first-order chi connectivity index (χ1) is 17.2. The molecule has 7 heteroatoms. The van der Waals surface area contributed by atoms with E-state index in [0.29, 0.717) is 25.2 Å². The van der Waals surface area contributed by atoms with Crippen LogP contribution in [0.4, 0.5) is 0 Å². The number of piperidine rings is 1. The van der Waals surface area contributed by atoms with Crippen LogP contribution in [0.5, 0.6) is 0 Å². The summed E-state index contributed by atoms with van der Waals surface area (Å²) in [6, 6.07) is 0. The molecule has 35 heavy (non-hydrogen) atoms. The molecule has 0 radical (unpaired) electrons. The molecular formula is C28H52N2O5. The predicted octanol–water partition coefficient (Wildman–Crippen LogP) is 6.41. The molecule has 0 unspecified atom stereocenters. The summed E-state index contributed by atoms with van der Waals surface area (Å²) in [5.74, 6) is -1.02. The van der Waals surface area contributed by atoms with E-state index < -0.39 is 11.6 Å². The van der Waals surface area contributed by atoms with Crippen molar-refractivity contribution in [2.45, 2.75) is 140 Å². The van der Waals surface area contributed by atoms with Gasteiger partial charge in [-0.2, -0.15) is 19.6 Å². The molecule has 204 valence electrons. The van der Waals surface area contributed by atoms with Gasteiger partial charge in [0.2, 0.25) is 17.5 Å². The lowest BCUT2D eigenvalue weighted by atomic mass is 9.83. The lowest BCUT2D eigenvalue weighted by Gasteiger charge is -2.45. The van der Waals surface area contributed by atoms with E-state index in [4.69, 9.17) is 19.6 Å². The predicted molar refractivity (Wildman–Crippen MR) is 137 cm³/mol. The van der Waals surface area contributed by atoms with Gasteiger partial charge in [-0.25, -0.2) is 0 Å². The molecule has 0 atom stereocenters. The fourth-order valence-electron chi connectivity index (χ4n) is 6.19. The van der Waals surface area contributed by atoms with Crippen molar-refractivity contribution in [2.75, 3.05) is 26.2 Å². The van der Waals surface area contributed by atoms with E-state index in [1.807, 2.05) is 0 Å². The van der Waals surface area contributed by atoms with Gasteiger partial charge in [-0.3, -0.25) is 4.79 Å². The molecule has 1 N–H and O–H groups in total. The minimum absolute atomic E-state index is 0. The van der Waals surface area contributed by atoms with Crippen LogP contribution in [0.3, 0.4) is 0 Å². The summed E-state index contributed by atoms with van der Waals surface area (Å²) in [5.41, 5.74) is 0. The van der Waals surface area contributed by atoms with Gasteiger partial charge >= 0.3 is 0 Å². The van der Waals surface area contributed by atoms with Crippen LogP contribution in [-0.4, -0.2) is 48.6 Å². The van der Waals surface area contributed by atoms with E-state index >= 15 is 0 Å². The zero-order valence-electron chi connectivity index (χ0n) is 22.0. The van der Waals surface area contributed by atoms with Gasteiger partial charge in [0.15, 0.2) is 0 Å². The van der Waals surface area contributed by atoms with Crippen LogP contribution in [0.1, 0.15) is 130 Å². The summed E-state index contributed by atoms with van der Waals surface area (Å²) in [6.45, 7) is 4.32. The normalized spacial score (nSPS) is 27.2. The smallest absolute Gasteiger partial charge is 0.234 e. The Bertz CT molecular complexity index is 599. The van der Waals surface area contributed by atoms with E-state index in [2.05, 4.69) is 10.2 Å². The van der Waals surface area contributed by atoms with Gasteiger partial charge in [-0.05, 0) is 70.5 Å². The standard InChI is InChI=1S/C28H50N2O5.H2/c31-26(29-20-13-23-30-21-11-8-12-22-30)24-25-14-18-28(19-15-25)34-32-27(33-35-28)16-9-6-4-2-1-3-5-7-10-17-27;/h25H,1-24H2,(H,29,31);1H. The number of carbonyl (C=O) groups excluding carboxylic acids is 1. The maximum Gasteiger partial charge on any atom is 0.234 e. The minimum Gasteiger partial charge on any atom is -0.356 e. The topological polar surface area (TPSA) is 69.3 Å². The maximum atomic E-state index is 12.5. The molecule has 2 aliphatic heterocycles. The Balaban J connectivity index is 0.00000361. The Morgan fingerprint density at radius 1 is 0.714 bits per heavy atom. The Morgan fingerprint density at radius 2 is 1.20 bits per heavy atom. The quantitative estimate of drug-likeness (QED) is 0.338. The third-order valence-corrected chi connectivity index (χ3v) is 8.57. The minimum atomic E-state index is -0.809. The molecule has 7 nitrogen and oxygen atoms in total. The van der Waals surface area contributed by atoms with Crippen molar-refractivity contribution >= 4 is 5.91 Å². The molecule has 4 rings (SSSR count). The summed E-state index contributed by atoms with van der Waals surface area (Å²) < 4.78 is 0. The van der Waals surface area contributed by atoms with Crippen LogP contribution in [-0.2, 0) is 24.3 Å². The zero-order chi connectivity index (χ0) is 24.2. The van der Waals surface area contributed by atoms with Crippen molar-refractivity contribution in [3.05, 3.63) is 0 Å². The molecule has 2 spiro atoms. The van der Waals surface area contributed by atoms with E-state index in [1.54, 1.807) is 0 Å². The highest BCUT2D eigenvalue weighted by molar-refractivity contribution is 5.76. The van der Waals surface area contributed by atoms with Crippen molar-refractivity contribution < 1.29 is 25.8 Å². The van der Waals surface area contributed by atoms with E-state index in [1.165, 1.54) is 77.3 Å². The number of amides is 1. The number of nitrogens with zero attached hydrogens (tertiary/aromatic N) is 1. The second-order valence-electron chi connectivity index (χ2n) is 11.6. The molecule has 0 bridgehead atoms. The SMILES string of the molecule is O=C(CC1CCC2(CC1)OOC1(CCCCCCCCCCC1)OO2)NCCCN1CCCCC1.[HH]. The Hall–Kier alpha value is -0.730. The maximum absolute atomic E-state index is 12.5. The summed E-state index contributed by atoms with van der Waals surface area (Å²) in [7, 11) is 0. The van der Waals surface area contributed by atoms with E-state index in [9.17, 15) is 4.79 Å².